The van der Waals surface area contributed by atoms with Crippen molar-refractivity contribution in [1.82, 2.24) is 5.32 Å². The van der Waals surface area contributed by atoms with E-state index in [0.717, 1.165) is 21.5 Å². The molecule has 0 amide bonds. The van der Waals surface area contributed by atoms with E-state index in [0.29, 0.717) is 0 Å². The minimum absolute atomic E-state index is 0.230. The Labute approximate surface area is 121 Å². The van der Waals surface area contributed by atoms with Crippen LogP contribution in [-0.4, -0.2) is 7.05 Å². The average Bonchev–Trinajstić information content (AvgIpc) is 2.38. The van der Waals surface area contributed by atoms with Gasteiger partial charge in [0, 0.05) is 15.5 Å². The van der Waals surface area contributed by atoms with Gasteiger partial charge in [-0.1, -0.05) is 63.9 Å². The van der Waals surface area contributed by atoms with Crippen molar-refractivity contribution in [3.05, 3.63) is 69.2 Å². The highest BCUT2D eigenvalue weighted by Crippen LogP contribution is 2.28. The van der Waals surface area contributed by atoms with E-state index in [9.17, 15) is 0 Å². The number of rotatable bonds is 4. The number of hydrogen-bond donors (Lipinski definition) is 1. The minimum atomic E-state index is 0.230. The highest BCUT2D eigenvalue weighted by atomic mass is 79.9. The number of hydrogen-bond acceptors (Lipinski definition) is 1. The molecule has 0 radical (unpaired) electrons. The molecular weight excluding hydrogens is 310 g/mol. The Morgan fingerprint density at radius 1 is 1.17 bits per heavy atom. The van der Waals surface area contributed by atoms with Crippen LogP contribution in [0.5, 0.6) is 0 Å². The summed E-state index contributed by atoms with van der Waals surface area (Å²) in [6, 6.07) is 16.7. The summed E-state index contributed by atoms with van der Waals surface area (Å²) < 4.78 is 1.01. The molecule has 0 aliphatic heterocycles. The molecule has 1 N–H and O–H groups in total. The Balaban J connectivity index is 2.23. The topological polar surface area (TPSA) is 12.0 Å². The van der Waals surface area contributed by atoms with E-state index < -0.39 is 0 Å². The smallest absolute Gasteiger partial charge is 0.0465 e. The molecule has 0 heterocycles. The lowest BCUT2D eigenvalue weighted by molar-refractivity contribution is 0.592. The maximum Gasteiger partial charge on any atom is 0.0465 e. The predicted molar refractivity (Wildman–Crippen MR) is 81.1 cm³/mol. The maximum absolute atomic E-state index is 6.30. The molecule has 94 valence electrons. The number of likely N-dealkylation sites (N-methyl/N-ethyl adjacent to an activating group) is 1. The van der Waals surface area contributed by atoms with Crippen LogP contribution in [0.4, 0.5) is 0 Å². The van der Waals surface area contributed by atoms with Crippen LogP contribution in [0, 0.1) is 0 Å². The van der Waals surface area contributed by atoms with Crippen LogP contribution in [-0.2, 0) is 6.42 Å². The molecule has 18 heavy (non-hydrogen) atoms. The van der Waals surface area contributed by atoms with E-state index in [-0.39, 0.29) is 6.04 Å². The Hall–Kier alpha value is -0.830. The summed E-state index contributed by atoms with van der Waals surface area (Å²) in [6.45, 7) is 0. The van der Waals surface area contributed by atoms with Crippen LogP contribution in [0.1, 0.15) is 17.2 Å². The van der Waals surface area contributed by atoms with E-state index >= 15 is 0 Å². The lowest BCUT2D eigenvalue weighted by Crippen LogP contribution is -2.19. The largest absolute Gasteiger partial charge is 0.313 e. The van der Waals surface area contributed by atoms with E-state index in [2.05, 4.69) is 51.6 Å². The molecular formula is C15H15BrClN. The van der Waals surface area contributed by atoms with Crippen LogP contribution in [0.15, 0.2) is 53.0 Å². The maximum atomic E-state index is 6.30. The Morgan fingerprint density at radius 2 is 1.89 bits per heavy atom. The van der Waals surface area contributed by atoms with Crippen molar-refractivity contribution in [3.8, 4) is 0 Å². The lowest BCUT2D eigenvalue weighted by Gasteiger charge is -2.18. The van der Waals surface area contributed by atoms with Gasteiger partial charge in [-0.2, -0.15) is 0 Å². The van der Waals surface area contributed by atoms with Crippen molar-refractivity contribution < 1.29 is 0 Å². The van der Waals surface area contributed by atoms with Gasteiger partial charge in [0.25, 0.3) is 0 Å². The van der Waals surface area contributed by atoms with Gasteiger partial charge in [0.05, 0.1) is 0 Å². The molecule has 2 aromatic rings. The molecule has 1 unspecified atom stereocenters. The highest BCUT2D eigenvalue weighted by molar-refractivity contribution is 9.10. The van der Waals surface area contributed by atoms with E-state index in [1.54, 1.807) is 0 Å². The molecule has 0 saturated carbocycles. The quantitative estimate of drug-likeness (QED) is 0.866. The summed E-state index contributed by atoms with van der Waals surface area (Å²) in [5.41, 5.74) is 2.43. The normalized spacial score (nSPS) is 12.4. The molecule has 2 aromatic carbocycles. The summed E-state index contributed by atoms with van der Waals surface area (Å²) in [4.78, 5) is 0. The summed E-state index contributed by atoms with van der Waals surface area (Å²) in [7, 11) is 1.96. The molecule has 2 rings (SSSR count). The fourth-order valence-electron chi connectivity index (χ4n) is 2.00. The standard InChI is InChI=1S/C15H15BrClN/c1-18-15(9-11-5-3-2-4-6-11)13-8-7-12(16)10-14(13)17/h2-8,10,15,18H,9H2,1H3. The van der Waals surface area contributed by atoms with Gasteiger partial charge >= 0.3 is 0 Å². The fraction of sp³-hybridized carbons (Fsp3) is 0.200. The summed E-state index contributed by atoms with van der Waals surface area (Å²) >= 11 is 9.73. The van der Waals surface area contributed by atoms with Crippen LogP contribution in [0.25, 0.3) is 0 Å². The van der Waals surface area contributed by atoms with Gasteiger partial charge in [-0.25, -0.2) is 0 Å². The van der Waals surface area contributed by atoms with Gasteiger partial charge < -0.3 is 5.32 Å². The zero-order valence-electron chi connectivity index (χ0n) is 10.2. The van der Waals surface area contributed by atoms with Crippen molar-refractivity contribution >= 4 is 27.5 Å². The molecule has 1 atom stereocenters. The second-order valence-corrected chi connectivity index (χ2v) is 5.52. The third-order valence-corrected chi connectivity index (χ3v) is 3.79. The summed E-state index contributed by atoms with van der Waals surface area (Å²) in [6.07, 6.45) is 0.929. The SMILES string of the molecule is CNC(Cc1ccccc1)c1ccc(Br)cc1Cl. The zero-order valence-corrected chi connectivity index (χ0v) is 12.5. The second kappa shape index (κ2) is 6.37. The Kier molecular flexibility index (Phi) is 4.81. The fourth-order valence-corrected chi connectivity index (χ4v) is 2.81. The molecule has 0 aromatic heterocycles. The molecule has 0 aliphatic carbocycles. The first-order valence-corrected chi connectivity index (χ1v) is 7.04. The zero-order chi connectivity index (χ0) is 13.0. The van der Waals surface area contributed by atoms with Gasteiger partial charge in [-0.3, -0.25) is 0 Å². The van der Waals surface area contributed by atoms with Gasteiger partial charge in [0.2, 0.25) is 0 Å². The average molecular weight is 325 g/mol. The first-order chi connectivity index (χ1) is 8.70. The van der Waals surface area contributed by atoms with E-state index in [1.165, 1.54) is 5.56 Å². The summed E-state index contributed by atoms with van der Waals surface area (Å²) in [5, 5.41) is 4.12. The Bertz CT molecular complexity index is 513. The molecule has 0 spiro atoms. The third kappa shape index (κ3) is 3.35. The molecule has 0 bridgehead atoms. The predicted octanol–water partition coefficient (Wildman–Crippen LogP) is 4.61. The van der Waals surface area contributed by atoms with Gasteiger partial charge in [-0.05, 0) is 36.7 Å². The van der Waals surface area contributed by atoms with Gasteiger partial charge in [-0.15, -0.1) is 0 Å². The number of benzene rings is 2. The molecule has 0 saturated heterocycles. The van der Waals surface area contributed by atoms with Crippen LogP contribution in [0.2, 0.25) is 5.02 Å². The summed E-state index contributed by atoms with van der Waals surface area (Å²) in [5.74, 6) is 0. The van der Waals surface area contributed by atoms with E-state index in [1.807, 2.05) is 25.2 Å². The molecule has 1 nitrogen and oxygen atoms in total. The van der Waals surface area contributed by atoms with Crippen LogP contribution >= 0.6 is 27.5 Å². The monoisotopic (exact) mass is 323 g/mol. The Morgan fingerprint density at radius 3 is 2.50 bits per heavy atom. The first kappa shape index (κ1) is 13.6. The van der Waals surface area contributed by atoms with Gasteiger partial charge in [0.1, 0.15) is 0 Å². The molecule has 3 heteroatoms. The first-order valence-electron chi connectivity index (χ1n) is 5.87. The van der Waals surface area contributed by atoms with Crippen molar-refractivity contribution in [2.45, 2.75) is 12.5 Å². The minimum Gasteiger partial charge on any atom is -0.313 e. The molecule has 0 aliphatic rings. The van der Waals surface area contributed by atoms with Crippen LogP contribution < -0.4 is 5.32 Å². The van der Waals surface area contributed by atoms with Crippen molar-refractivity contribution in [2.75, 3.05) is 7.05 Å². The molecule has 0 fully saturated rings. The number of nitrogens with one attached hydrogen (secondary N) is 1. The second-order valence-electron chi connectivity index (χ2n) is 4.20. The highest BCUT2D eigenvalue weighted by Gasteiger charge is 2.13. The van der Waals surface area contributed by atoms with Crippen LogP contribution in [0.3, 0.4) is 0 Å². The third-order valence-electron chi connectivity index (χ3n) is 2.97. The van der Waals surface area contributed by atoms with Crippen molar-refractivity contribution in [2.24, 2.45) is 0 Å². The van der Waals surface area contributed by atoms with Gasteiger partial charge in [0.15, 0.2) is 0 Å². The number of halogens is 2. The van der Waals surface area contributed by atoms with Crippen molar-refractivity contribution in [1.29, 1.82) is 0 Å². The lowest BCUT2D eigenvalue weighted by atomic mass is 9.99. The van der Waals surface area contributed by atoms with E-state index in [4.69, 9.17) is 11.6 Å². The van der Waals surface area contributed by atoms with Crippen molar-refractivity contribution in [3.63, 3.8) is 0 Å².